The zero-order valence-corrected chi connectivity index (χ0v) is 17.9. The van der Waals surface area contributed by atoms with E-state index in [1.807, 2.05) is 0 Å². The molecule has 1 fully saturated rings. The molecule has 1 heterocycles. The molecular weight excluding hydrogens is 445 g/mol. The molecule has 0 unspecified atom stereocenters. The van der Waals surface area contributed by atoms with Gasteiger partial charge in [-0.25, -0.2) is 13.2 Å². The fourth-order valence-electron chi connectivity index (χ4n) is 2.96. The van der Waals surface area contributed by atoms with Crippen LogP contribution in [0.4, 0.5) is 0 Å². The number of hydrogen-bond donors (Lipinski definition) is 0. The Labute approximate surface area is 179 Å². The van der Waals surface area contributed by atoms with Crippen molar-refractivity contribution in [3.8, 4) is 0 Å². The van der Waals surface area contributed by atoms with E-state index in [-0.39, 0.29) is 22.1 Å². The molecule has 0 N–H and O–H groups in total. The van der Waals surface area contributed by atoms with Crippen LogP contribution in [-0.4, -0.2) is 31.8 Å². The molecule has 0 spiro atoms. The second kappa shape index (κ2) is 9.01. The van der Waals surface area contributed by atoms with Crippen molar-refractivity contribution in [3.63, 3.8) is 0 Å². The molecule has 0 atom stereocenters. The zero-order valence-electron chi connectivity index (χ0n) is 14.8. The third-order valence-electron chi connectivity index (χ3n) is 4.51. The minimum atomic E-state index is -3.78. The highest BCUT2D eigenvalue weighted by atomic mass is 35.5. The number of nitrogens with zero attached hydrogens (tertiary/aromatic N) is 1. The zero-order chi connectivity index (χ0) is 20.3. The normalized spacial score (nSPS) is 15.4. The maximum absolute atomic E-state index is 12.9. The molecule has 0 aliphatic carbocycles. The summed E-state index contributed by atoms with van der Waals surface area (Å²) in [4.78, 5) is 12.4. The van der Waals surface area contributed by atoms with Gasteiger partial charge in [0.05, 0.1) is 10.6 Å². The molecule has 2 aromatic rings. The van der Waals surface area contributed by atoms with E-state index in [9.17, 15) is 13.2 Å². The van der Waals surface area contributed by atoms with Gasteiger partial charge in [0.25, 0.3) is 0 Å². The van der Waals surface area contributed by atoms with Crippen LogP contribution in [0.2, 0.25) is 15.1 Å². The highest BCUT2D eigenvalue weighted by Gasteiger charge is 2.29. The van der Waals surface area contributed by atoms with Crippen molar-refractivity contribution in [2.24, 2.45) is 0 Å². The Morgan fingerprint density at radius 2 is 1.61 bits per heavy atom. The van der Waals surface area contributed by atoms with Gasteiger partial charge in [0, 0.05) is 28.7 Å². The number of esters is 1. The summed E-state index contributed by atoms with van der Waals surface area (Å²) in [5.41, 5.74) is 0.567. The molecule has 0 amide bonds. The predicted octanol–water partition coefficient (Wildman–Crippen LogP) is 5.18. The van der Waals surface area contributed by atoms with E-state index < -0.39 is 16.0 Å². The molecular formula is C19H18Cl3NO4S. The van der Waals surface area contributed by atoms with Crippen LogP contribution in [0.5, 0.6) is 0 Å². The van der Waals surface area contributed by atoms with Crippen LogP contribution in [-0.2, 0) is 21.4 Å². The van der Waals surface area contributed by atoms with Crippen LogP contribution < -0.4 is 0 Å². The molecule has 150 valence electrons. The topological polar surface area (TPSA) is 63.7 Å². The molecule has 3 rings (SSSR count). The molecule has 1 aliphatic rings. The maximum Gasteiger partial charge on any atom is 0.338 e. The summed E-state index contributed by atoms with van der Waals surface area (Å²) in [5.74, 6) is -0.692. The van der Waals surface area contributed by atoms with Crippen LogP contribution in [0.15, 0.2) is 41.3 Å². The molecule has 0 aromatic heterocycles. The molecule has 9 heteroatoms. The fraction of sp³-hybridized carbons (Fsp3) is 0.316. The maximum atomic E-state index is 12.9. The molecule has 2 aromatic carbocycles. The predicted molar refractivity (Wildman–Crippen MR) is 110 cm³/mol. The Hall–Kier alpha value is -1.31. The fourth-order valence-corrected chi connectivity index (χ4v) is 5.49. The lowest BCUT2D eigenvalue weighted by Gasteiger charge is -2.26. The van der Waals surface area contributed by atoms with Crippen molar-refractivity contribution in [2.45, 2.75) is 30.8 Å². The largest absolute Gasteiger partial charge is 0.457 e. The Morgan fingerprint density at radius 3 is 2.25 bits per heavy atom. The van der Waals surface area contributed by atoms with Crippen LogP contribution in [0.3, 0.4) is 0 Å². The van der Waals surface area contributed by atoms with Crippen LogP contribution in [0.1, 0.15) is 35.2 Å². The lowest BCUT2D eigenvalue weighted by Crippen LogP contribution is -2.35. The quantitative estimate of drug-likeness (QED) is 0.574. The van der Waals surface area contributed by atoms with Crippen molar-refractivity contribution < 1.29 is 17.9 Å². The van der Waals surface area contributed by atoms with Gasteiger partial charge in [-0.2, -0.15) is 4.31 Å². The standard InChI is InChI=1S/C19H18Cl3NO4S/c20-15-5-4-6-16(21)14(15)12-27-19(24)13-7-8-17(22)18(11-13)28(25,26)23-9-2-1-3-10-23/h4-8,11H,1-3,9-10,12H2. The van der Waals surface area contributed by atoms with Crippen LogP contribution in [0, 0.1) is 0 Å². The van der Waals surface area contributed by atoms with Crippen molar-refractivity contribution in [1.29, 1.82) is 0 Å². The van der Waals surface area contributed by atoms with Crippen molar-refractivity contribution in [2.75, 3.05) is 13.1 Å². The first-order chi connectivity index (χ1) is 13.3. The number of piperidine rings is 1. The summed E-state index contributed by atoms with van der Waals surface area (Å²) in [7, 11) is -3.78. The second-order valence-corrected chi connectivity index (χ2v) is 9.51. The molecule has 0 radical (unpaired) electrons. The Morgan fingerprint density at radius 1 is 0.964 bits per heavy atom. The number of ether oxygens (including phenoxy) is 1. The van der Waals surface area contributed by atoms with Crippen LogP contribution in [0.25, 0.3) is 0 Å². The Bertz CT molecular complexity index is 968. The van der Waals surface area contributed by atoms with Crippen LogP contribution >= 0.6 is 34.8 Å². The Kier molecular flexibility index (Phi) is 6.89. The number of carbonyl (C=O) groups excluding carboxylic acids is 1. The van der Waals surface area contributed by atoms with E-state index >= 15 is 0 Å². The molecule has 28 heavy (non-hydrogen) atoms. The summed E-state index contributed by atoms with van der Waals surface area (Å²) in [6, 6.07) is 9.03. The molecule has 0 saturated carbocycles. The first-order valence-corrected chi connectivity index (χ1v) is 11.3. The smallest absolute Gasteiger partial charge is 0.338 e. The van der Waals surface area contributed by atoms with E-state index in [0.29, 0.717) is 28.7 Å². The minimum Gasteiger partial charge on any atom is -0.457 e. The molecule has 5 nitrogen and oxygen atoms in total. The van der Waals surface area contributed by atoms with Crippen molar-refractivity contribution >= 4 is 50.8 Å². The molecule has 1 saturated heterocycles. The van der Waals surface area contributed by atoms with Gasteiger partial charge in [-0.1, -0.05) is 47.3 Å². The van der Waals surface area contributed by atoms with Gasteiger partial charge in [0.15, 0.2) is 0 Å². The average molecular weight is 463 g/mol. The van der Waals surface area contributed by atoms with E-state index in [2.05, 4.69) is 0 Å². The average Bonchev–Trinajstić information content (AvgIpc) is 2.68. The summed E-state index contributed by atoms with van der Waals surface area (Å²) >= 11 is 18.3. The van der Waals surface area contributed by atoms with E-state index in [1.165, 1.54) is 22.5 Å². The highest BCUT2D eigenvalue weighted by Crippen LogP contribution is 2.29. The van der Waals surface area contributed by atoms with Crippen molar-refractivity contribution in [3.05, 3.63) is 62.6 Å². The van der Waals surface area contributed by atoms with Gasteiger partial charge in [-0.3, -0.25) is 0 Å². The SMILES string of the molecule is O=C(OCc1c(Cl)cccc1Cl)c1ccc(Cl)c(S(=O)(=O)N2CCCCC2)c1. The van der Waals surface area contributed by atoms with E-state index in [1.54, 1.807) is 18.2 Å². The second-order valence-electron chi connectivity index (χ2n) is 6.39. The molecule has 1 aliphatic heterocycles. The Balaban J connectivity index is 1.81. The summed E-state index contributed by atoms with van der Waals surface area (Å²) < 4.78 is 32.5. The summed E-state index contributed by atoms with van der Waals surface area (Å²) in [5, 5.41) is 0.825. The number of sulfonamides is 1. The van der Waals surface area contributed by atoms with Gasteiger partial charge < -0.3 is 4.74 Å². The van der Waals surface area contributed by atoms with Gasteiger partial charge >= 0.3 is 5.97 Å². The van der Waals surface area contributed by atoms with E-state index in [4.69, 9.17) is 39.5 Å². The number of hydrogen-bond acceptors (Lipinski definition) is 4. The number of rotatable bonds is 5. The van der Waals surface area contributed by atoms with E-state index in [0.717, 1.165) is 19.3 Å². The highest BCUT2D eigenvalue weighted by molar-refractivity contribution is 7.89. The lowest BCUT2D eigenvalue weighted by molar-refractivity contribution is 0.0472. The van der Waals surface area contributed by atoms with Gasteiger partial charge in [-0.15, -0.1) is 0 Å². The third-order valence-corrected chi connectivity index (χ3v) is 7.60. The first-order valence-electron chi connectivity index (χ1n) is 8.70. The minimum absolute atomic E-state index is 0.0660. The molecule has 0 bridgehead atoms. The third kappa shape index (κ3) is 4.63. The van der Waals surface area contributed by atoms with Crippen molar-refractivity contribution in [1.82, 2.24) is 4.31 Å². The van der Waals surface area contributed by atoms with Gasteiger partial charge in [0.1, 0.15) is 11.5 Å². The lowest BCUT2D eigenvalue weighted by atomic mass is 10.2. The monoisotopic (exact) mass is 461 g/mol. The van der Waals surface area contributed by atoms with Gasteiger partial charge in [0.2, 0.25) is 10.0 Å². The summed E-state index contributed by atoms with van der Waals surface area (Å²) in [6.45, 7) is 0.755. The number of benzene rings is 2. The first kappa shape index (κ1) is 21.4. The summed E-state index contributed by atoms with van der Waals surface area (Å²) in [6.07, 6.45) is 2.60. The number of halogens is 3. The number of carbonyl (C=O) groups is 1. The van der Waals surface area contributed by atoms with Gasteiger partial charge in [-0.05, 0) is 43.2 Å².